The molecule has 0 aliphatic heterocycles. The number of rotatable bonds is 2. The van der Waals surface area contributed by atoms with Crippen LogP contribution in [-0.2, 0) is 0 Å². The molecule has 0 aromatic heterocycles. The zero-order chi connectivity index (χ0) is 14.6. The molecule has 0 atom stereocenters. The van der Waals surface area contributed by atoms with Crippen LogP contribution in [0.2, 0.25) is 0 Å². The predicted molar refractivity (Wildman–Crippen MR) is 75.6 cm³/mol. The smallest absolute Gasteiger partial charge is 0.183 e. The van der Waals surface area contributed by atoms with E-state index in [9.17, 15) is 8.78 Å². The molecule has 5 rings (SSSR count). The van der Waals surface area contributed by atoms with Gasteiger partial charge in [0.2, 0.25) is 0 Å². The molecule has 1 N–H and O–H groups in total. The lowest BCUT2D eigenvalue weighted by atomic mass is 9.53. The molecular formula is C17H18F2N2. The van der Waals surface area contributed by atoms with E-state index in [1.807, 2.05) is 0 Å². The van der Waals surface area contributed by atoms with Crippen molar-refractivity contribution in [3.8, 4) is 6.07 Å². The van der Waals surface area contributed by atoms with Gasteiger partial charge in [-0.05, 0) is 68.4 Å². The topological polar surface area (TPSA) is 35.8 Å². The zero-order valence-corrected chi connectivity index (χ0v) is 11.8. The molecular weight excluding hydrogens is 270 g/mol. The summed E-state index contributed by atoms with van der Waals surface area (Å²) >= 11 is 0. The van der Waals surface area contributed by atoms with E-state index < -0.39 is 11.6 Å². The van der Waals surface area contributed by atoms with E-state index in [-0.39, 0.29) is 16.8 Å². The molecule has 0 spiro atoms. The SMILES string of the molecule is N#Cc1ccc(NC23CC4CC(CC(C4)C2)C3)c(F)c1F. The maximum atomic E-state index is 14.1. The minimum Gasteiger partial charge on any atom is -0.377 e. The molecule has 4 aliphatic rings. The van der Waals surface area contributed by atoms with Crippen LogP contribution in [-0.4, -0.2) is 5.54 Å². The number of halogens is 2. The van der Waals surface area contributed by atoms with E-state index in [0.29, 0.717) is 0 Å². The summed E-state index contributed by atoms with van der Waals surface area (Å²) in [5.74, 6) is 0.289. The second kappa shape index (κ2) is 4.43. The highest BCUT2D eigenvalue weighted by Gasteiger charge is 2.51. The minimum atomic E-state index is -1.03. The number of anilines is 1. The van der Waals surface area contributed by atoms with Gasteiger partial charge in [-0.2, -0.15) is 5.26 Å². The molecule has 0 unspecified atom stereocenters. The van der Waals surface area contributed by atoms with Gasteiger partial charge < -0.3 is 5.32 Å². The number of hydrogen-bond acceptors (Lipinski definition) is 2. The highest BCUT2D eigenvalue weighted by atomic mass is 19.2. The van der Waals surface area contributed by atoms with Crippen LogP contribution < -0.4 is 5.32 Å². The highest BCUT2D eigenvalue weighted by Crippen LogP contribution is 2.56. The molecule has 21 heavy (non-hydrogen) atoms. The van der Waals surface area contributed by atoms with Crippen molar-refractivity contribution in [3.05, 3.63) is 29.3 Å². The van der Waals surface area contributed by atoms with E-state index in [1.165, 1.54) is 31.4 Å². The fourth-order valence-electron chi connectivity index (χ4n) is 5.28. The van der Waals surface area contributed by atoms with Crippen LogP contribution in [0.25, 0.3) is 0 Å². The van der Waals surface area contributed by atoms with Gasteiger partial charge in [0, 0.05) is 5.54 Å². The number of benzene rings is 1. The molecule has 2 nitrogen and oxygen atoms in total. The van der Waals surface area contributed by atoms with Crippen molar-refractivity contribution < 1.29 is 8.78 Å². The first-order chi connectivity index (χ1) is 10.1. The molecule has 4 aliphatic carbocycles. The summed E-state index contributed by atoms with van der Waals surface area (Å²) in [5.41, 5.74) is -0.0760. The molecule has 0 amide bonds. The van der Waals surface area contributed by atoms with Crippen molar-refractivity contribution >= 4 is 5.69 Å². The summed E-state index contributed by atoms with van der Waals surface area (Å²) in [7, 11) is 0. The summed E-state index contributed by atoms with van der Waals surface area (Å²) in [6, 6.07) is 4.55. The lowest BCUT2D eigenvalue weighted by molar-refractivity contribution is 0.0105. The molecule has 4 heteroatoms. The molecule has 0 radical (unpaired) electrons. The monoisotopic (exact) mass is 288 g/mol. The number of nitrogens with zero attached hydrogens (tertiary/aromatic N) is 1. The van der Waals surface area contributed by atoms with Crippen molar-refractivity contribution in [3.63, 3.8) is 0 Å². The van der Waals surface area contributed by atoms with Crippen molar-refractivity contribution in [1.82, 2.24) is 0 Å². The zero-order valence-electron chi connectivity index (χ0n) is 11.8. The maximum absolute atomic E-state index is 14.1. The Kier molecular flexibility index (Phi) is 2.76. The van der Waals surface area contributed by atoms with Crippen molar-refractivity contribution in [2.24, 2.45) is 17.8 Å². The molecule has 1 aromatic rings. The fourth-order valence-corrected chi connectivity index (χ4v) is 5.28. The minimum absolute atomic E-state index is 0.0593. The number of nitrogens with one attached hydrogen (secondary N) is 1. The normalized spacial score (nSPS) is 36.5. The summed E-state index contributed by atoms with van der Waals surface area (Å²) in [6.45, 7) is 0. The molecule has 110 valence electrons. The Balaban J connectivity index is 1.65. The predicted octanol–water partition coefficient (Wildman–Crippen LogP) is 4.22. The van der Waals surface area contributed by atoms with Crippen LogP contribution in [0.3, 0.4) is 0 Å². The van der Waals surface area contributed by atoms with Crippen LogP contribution in [0, 0.1) is 40.7 Å². The van der Waals surface area contributed by atoms with Gasteiger partial charge in [0.1, 0.15) is 6.07 Å². The van der Waals surface area contributed by atoms with Crippen LogP contribution >= 0.6 is 0 Å². The lowest BCUT2D eigenvalue weighted by Gasteiger charge is -2.57. The van der Waals surface area contributed by atoms with Gasteiger partial charge in [-0.15, -0.1) is 0 Å². The van der Waals surface area contributed by atoms with E-state index in [4.69, 9.17) is 5.26 Å². The summed E-state index contributed by atoms with van der Waals surface area (Å²) < 4.78 is 27.9. The molecule has 4 bridgehead atoms. The Morgan fingerprint density at radius 1 is 1.00 bits per heavy atom. The van der Waals surface area contributed by atoms with E-state index >= 15 is 0 Å². The quantitative estimate of drug-likeness (QED) is 0.884. The Labute approximate surface area is 123 Å². The van der Waals surface area contributed by atoms with Crippen molar-refractivity contribution in [2.75, 3.05) is 5.32 Å². The molecule has 0 saturated heterocycles. The largest absolute Gasteiger partial charge is 0.377 e. The fraction of sp³-hybridized carbons (Fsp3) is 0.588. The van der Waals surface area contributed by atoms with E-state index in [0.717, 1.165) is 37.0 Å². The van der Waals surface area contributed by atoms with Crippen LogP contribution in [0.4, 0.5) is 14.5 Å². The maximum Gasteiger partial charge on any atom is 0.183 e. The van der Waals surface area contributed by atoms with Gasteiger partial charge in [-0.3, -0.25) is 0 Å². The van der Waals surface area contributed by atoms with Crippen molar-refractivity contribution in [1.29, 1.82) is 5.26 Å². The average Bonchev–Trinajstić information content (AvgIpc) is 2.42. The second-order valence-electron chi connectivity index (χ2n) is 7.22. The third-order valence-electron chi connectivity index (χ3n) is 5.64. The van der Waals surface area contributed by atoms with E-state index in [2.05, 4.69) is 5.32 Å². The van der Waals surface area contributed by atoms with Crippen LogP contribution in [0.1, 0.15) is 44.1 Å². The summed E-state index contributed by atoms with van der Waals surface area (Å²) in [6.07, 6.45) is 7.14. The van der Waals surface area contributed by atoms with Gasteiger partial charge in [0.15, 0.2) is 11.6 Å². The molecule has 4 fully saturated rings. The lowest BCUT2D eigenvalue weighted by Crippen LogP contribution is -2.54. The van der Waals surface area contributed by atoms with Gasteiger partial charge in [0.25, 0.3) is 0 Å². The first-order valence-corrected chi connectivity index (χ1v) is 7.75. The van der Waals surface area contributed by atoms with E-state index in [1.54, 1.807) is 6.07 Å². The Bertz CT molecular complexity index is 597. The Morgan fingerprint density at radius 3 is 2.10 bits per heavy atom. The third-order valence-corrected chi connectivity index (χ3v) is 5.64. The molecule has 1 aromatic carbocycles. The average molecular weight is 288 g/mol. The first kappa shape index (κ1) is 13.1. The van der Waals surface area contributed by atoms with Crippen LogP contribution in [0.15, 0.2) is 12.1 Å². The number of nitriles is 1. The second-order valence-corrected chi connectivity index (χ2v) is 7.22. The highest BCUT2D eigenvalue weighted by molar-refractivity contribution is 5.52. The van der Waals surface area contributed by atoms with Gasteiger partial charge in [-0.25, -0.2) is 8.78 Å². The summed E-state index contributed by atoms with van der Waals surface area (Å²) in [4.78, 5) is 0. The van der Waals surface area contributed by atoms with Gasteiger partial charge in [-0.1, -0.05) is 0 Å². The Morgan fingerprint density at radius 2 is 1.57 bits per heavy atom. The third kappa shape index (κ3) is 2.02. The first-order valence-electron chi connectivity index (χ1n) is 7.75. The Hall–Kier alpha value is -1.63. The van der Waals surface area contributed by atoms with Crippen LogP contribution in [0.5, 0.6) is 0 Å². The van der Waals surface area contributed by atoms with Crippen molar-refractivity contribution in [2.45, 2.75) is 44.1 Å². The number of hydrogen-bond donors (Lipinski definition) is 1. The summed E-state index contributed by atoms with van der Waals surface area (Å²) in [5, 5.41) is 12.1. The standard InChI is InChI=1S/C17H18F2N2/c18-15-13(9-20)1-2-14(16(15)19)21-17-6-10-3-11(7-17)5-12(4-10)8-17/h1-2,10-12,21H,3-8H2. The molecule has 4 saturated carbocycles. The van der Waals surface area contributed by atoms with Gasteiger partial charge >= 0.3 is 0 Å². The van der Waals surface area contributed by atoms with Gasteiger partial charge in [0.05, 0.1) is 11.3 Å². The molecule has 0 heterocycles.